The van der Waals surface area contributed by atoms with Gasteiger partial charge in [-0.15, -0.1) is 0 Å². The summed E-state index contributed by atoms with van der Waals surface area (Å²) in [6.07, 6.45) is 0.998. The summed E-state index contributed by atoms with van der Waals surface area (Å²) in [7, 11) is 1.50. The van der Waals surface area contributed by atoms with E-state index < -0.39 is 42.5 Å². The Labute approximate surface area is 163 Å². The minimum absolute atomic E-state index is 0.291. The van der Waals surface area contributed by atoms with E-state index in [0.29, 0.717) is 26.0 Å². The number of urea groups is 1. The lowest BCUT2D eigenvalue weighted by Gasteiger charge is -2.21. The number of benzene rings is 1. The molecule has 1 aromatic rings. The highest BCUT2D eigenvalue weighted by molar-refractivity contribution is 6.08. The van der Waals surface area contributed by atoms with Gasteiger partial charge in [0.05, 0.1) is 6.61 Å². The molecule has 0 aliphatic carbocycles. The molecule has 9 heteroatoms. The highest BCUT2D eigenvalue weighted by Crippen LogP contribution is 2.23. The van der Waals surface area contributed by atoms with E-state index in [0.717, 1.165) is 10.5 Å². The van der Waals surface area contributed by atoms with Gasteiger partial charge in [-0.3, -0.25) is 19.3 Å². The fourth-order valence-electron chi connectivity index (χ4n) is 2.76. The number of nitrogens with zero attached hydrogens (tertiary/aromatic N) is 1. The smallest absolute Gasteiger partial charge is 0.326 e. The first kappa shape index (κ1) is 21.4. The van der Waals surface area contributed by atoms with Gasteiger partial charge >= 0.3 is 12.0 Å². The van der Waals surface area contributed by atoms with Crippen molar-refractivity contribution in [3.8, 4) is 0 Å². The van der Waals surface area contributed by atoms with E-state index in [-0.39, 0.29) is 0 Å². The molecule has 1 saturated heterocycles. The van der Waals surface area contributed by atoms with Crippen LogP contribution in [0.4, 0.5) is 4.79 Å². The van der Waals surface area contributed by atoms with Crippen molar-refractivity contribution in [3.05, 3.63) is 35.9 Å². The molecule has 0 saturated carbocycles. The molecule has 1 fully saturated rings. The van der Waals surface area contributed by atoms with Gasteiger partial charge in [-0.2, -0.15) is 0 Å². The quantitative estimate of drug-likeness (QED) is 0.335. The van der Waals surface area contributed by atoms with Gasteiger partial charge in [-0.05, 0) is 25.3 Å². The highest BCUT2D eigenvalue weighted by Gasteiger charge is 2.48. The third kappa shape index (κ3) is 5.78. The molecule has 1 aliphatic rings. The third-order valence-corrected chi connectivity index (χ3v) is 4.38. The van der Waals surface area contributed by atoms with Crippen molar-refractivity contribution in [3.63, 3.8) is 0 Å². The van der Waals surface area contributed by atoms with E-state index >= 15 is 0 Å². The monoisotopic (exact) mass is 391 g/mol. The van der Waals surface area contributed by atoms with Crippen molar-refractivity contribution in [1.29, 1.82) is 0 Å². The van der Waals surface area contributed by atoms with E-state index in [4.69, 9.17) is 9.47 Å². The van der Waals surface area contributed by atoms with Crippen LogP contribution in [-0.2, 0) is 30.3 Å². The maximum atomic E-state index is 12.6. The Bertz CT molecular complexity index is 724. The third-order valence-electron chi connectivity index (χ3n) is 4.38. The molecule has 1 aromatic carbocycles. The summed E-state index contributed by atoms with van der Waals surface area (Å²) >= 11 is 0. The van der Waals surface area contributed by atoms with Gasteiger partial charge in [0.15, 0.2) is 6.61 Å². The number of methoxy groups -OCH3 is 1. The van der Waals surface area contributed by atoms with Crippen LogP contribution in [0.5, 0.6) is 0 Å². The molecule has 0 radical (unpaired) electrons. The van der Waals surface area contributed by atoms with E-state index in [1.807, 2.05) is 30.3 Å². The minimum atomic E-state index is -1.09. The molecule has 0 spiro atoms. The van der Waals surface area contributed by atoms with Crippen molar-refractivity contribution in [1.82, 2.24) is 15.5 Å². The lowest BCUT2D eigenvalue weighted by atomic mass is 9.93. The summed E-state index contributed by atoms with van der Waals surface area (Å²) in [5, 5.41) is 5.14. The molecule has 2 rings (SSSR count). The molecule has 0 bridgehead atoms. The number of ether oxygens (including phenoxy) is 2. The lowest BCUT2D eigenvalue weighted by Crippen LogP contribution is -2.44. The van der Waals surface area contributed by atoms with Crippen LogP contribution in [0.1, 0.15) is 18.9 Å². The molecular formula is C19H25N3O6. The van der Waals surface area contributed by atoms with Crippen LogP contribution in [0, 0.1) is 0 Å². The summed E-state index contributed by atoms with van der Waals surface area (Å²) in [6.45, 7) is 1.22. The van der Waals surface area contributed by atoms with Crippen LogP contribution < -0.4 is 10.6 Å². The first-order valence-electron chi connectivity index (χ1n) is 8.95. The molecule has 152 valence electrons. The SMILES string of the molecule is COCCNC(=O)COC(=O)CN1C(=O)N[C@](C)(CCc2ccccc2)C1=O. The number of carbonyl (C=O) groups is 4. The summed E-state index contributed by atoms with van der Waals surface area (Å²) in [4.78, 5) is 49.0. The molecule has 9 nitrogen and oxygen atoms in total. The number of carbonyl (C=O) groups excluding carboxylic acids is 4. The zero-order valence-electron chi connectivity index (χ0n) is 16.0. The normalized spacial score (nSPS) is 18.7. The number of esters is 1. The van der Waals surface area contributed by atoms with Crippen LogP contribution in [0.25, 0.3) is 0 Å². The van der Waals surface area contributed by atoms with Crippen molar-refractivity contribution >= 4 is 23.8 Å². The first-order chi connectivity index (χ1) is 13.4. The molecule has 0 unspecified atom stereocenters. The molecular weight excluding hydrogens is 366 g/mol. The Morgan fingerprint density at radius 3 is 2.61 bits per heavy atom. The fraction of sp³-hybridized carbons (Fsp3) is 0.474. The summed E-state index contributed by atoms with van der Waals surface area (Å²) in [5.74, 6) is -1.82. The molecule has 2 N–H and O–H groups in total. The van der Waals surface area contributed by atoms with Gasteiger partial charge in [0, 0.05) is 13.7 Å². The molecule has 4 amide bonds. The summed E-state index contributed by atoms with van der Waals surface area (Å²) in [6, 6.07) is 8.94. The fourth-order valence-corrected chi connectivity index (χ4v) is 2.76. The van der Waals surface area contributed by atoms with Crippen LogP contribution in [0.3, 0.4) is 0 Å². The van der Waals surface area contributed by atoms with Gasteiger partial charge in [-0.25, -0.2) is 4.79 Å². The number of aryl methyl sites for hydroxylation is 1. The molecule has 1 atom stereocenters. The summed E-state index contributed by atoms with van der Waals surface area (Å²) < 4.78 is 9.61. The van der Waals surface area contributed by atoms with Crippen molar-refractivity contribution in [2.75, 3.05) is 33.4 Å². The first-order valence-corrected chi connectivity index (χ1v) is 8.95. The van der Waals surface area contributed by atoms with E-state index in [9.17, 15) is 19.2 Å². The highest BCUT2D eigenvalue weighted by atomic mass is 16.5. The van der Waals surface area contributed by atoms with Crippen LogP contribution in [0.2, 0.25) is 0 Å². The second kappa shape index (κ2) is 9.84. The number of rotatable bonds is 10. The van der Waals surface area contributed by atoms with Crippen molar-refractivity contribution < 1.29 is 28.7 Å². The standard InChI is InChI=1S/C19H25N3O6/c1-19(9-8-14-6-4-3-5-7-14)17(25)22(18(26)21-19)12-16(24)28-13-15(23)20-10-11-27-2/h3-7H,8-13H2,1-2H3,(H,20,23)(H,21,26)/t19-/m1/s1. The van der Waals surface area contributed by atoms with Gasteiger partial charge in [0.2, 0.25) is 0 Å². The Kier molecular flexibility index (Phi) is 7.51. The number of imide groups is 1. The molecule has 1 aliphatic heterocycles. The van der Waals surface area contributed by atoms with Crippen LogP contribution in [0.15, 0.2) is 30.3 Å². The van der Waals surface area contributed by atoms with E-state index in [1.165, 1.54) is 7.11 Å². The Morgan fingerprint density at radius 2 is 1.93 bits per heavy atom. The molecule has 1 heterocycles. The Hall–Kier alpha value is -2.94. The van der Waals surface area contributed by atoms with Crippen molar-refractivity contribution in [2.24, 2.45) is 0 Å². The number of hydrogen-bond acceptors (Lipinski definition) is 6. The van der Waals surface area contributed by atoms with E-state index in [2.05, 4.69) is 10.6 Å². The van der Waals surface area contributed by atoms with Gasteiger partial charge in [0.1, 0.15) is 12.1 Å². The maximum Gasteiger partial charge on any atom is 0.326 e. The topological polar surface area (TPSA) is 114 Å². The number of amides is 4. The van der Waals surface area contributed by atoms with Crippen LogP contribution in [-0.4, -0.2) is 67.7 Å². The van der Waals surface area contributed by atoms with Crippen molar-refractivity contribution in [2.45, 2.75) is 25.3 Å². The molecule has 28 heavy (non-hydrogen) atoms. The molecule has 0 aromatic heterocycles. The zero-order valence-corrected chi connectivity index (χ0v) is 16.0. The van der Waals surface area contributed by atoms with Gasteiger partial charge < -0.3 is 20.1 Å². The Morgan fingerprint density at radius 1 is 1.21 bits per heavy atom. The predicted octanol–water partition coefficient (Wildman–Crippen LogP) is 0.236. The van der Waals surface area contributed by atoms with E-state index in [1.54, 1.807) is 6.92 Å². The maximum absolute atomic E-state index is 12.6. The lowest BCUT2D eigenvalue weighted by molar-refractivity contribution is -0.151. The average molecular weight is 391 g/mol. The number of nitrogens with one attached hydrogen (secondary N) is 2. The zero-order chi connectivity index (χ0) is 20.6. The second-order valence-electron chi connectivity index (χ2n) is 6.64. The van der Waals surface area contributed by atoms with Crippen LogP contribution >= 0.6 is 0 Å². The predicted molar refractivity (Wildman–Crippen MR) is 99.3 cm³/mol. The second-order valence-corrected chi connectivity index (χ2v) is 6.64. The number of hydrogen-bond donors (Lipinski definition) is 2. The van der Waals surface area contributed by atoms with Gasteiger partial charge in [-0.1, -0.05) is 30.3 Å². The average Bonchev–Trinajstić information content (AvgIpc) is 2.89. The largest absolute Gasteiger partial charge is 0.454 e. The summed E-state index contributed by atoms with van der Waals surface area (Å²) in [5.41, 5.74) is -0.0480. The Balaban J connectivity index is 1.83. The minimum Gasteiger partial charge on any atom is -0.454 e. The van der Waals surface area contributed by atoms with Gasteiger partial charge in [0.25, 0.3) is 11.8 Å².